The molecule has 1 amide bonds. The first-order valence-corrected chi connectivity index (χ1v) is 10.1. The highest BCUT2D eigenvalue weighted by Gasteiger charge is 2.23. The van der Waals surface area contributed by atoms with Crippen molar-refractivity contribution < 1.29 is 4.79 Å². The molecule has 154 valence electrons. The summed E-state index contributed by atoms with van der Waals surface area (Å²) in [4.78, 5) is 27.1. The molecule has 1 aromatic heterocycles. The second-order valence-corrected chi connectivity index (χ2v) is 7.43. The molecule has 0 bridgehead atoms. The number of halogens is 1. The number of rotatable bonds is 6. The van der Waals surface area contributed by atoms with Gasteiger partial charge in [0.25, 0.3) is 0 Å². The van der Waals surface area contributed by atoms with Crippen LogP contribution in [0.25, 0.3) is 0 Å². The molecule has 0 radical (unpaired) electrons. The molecule has 0 aliphatic carbocycles. The number of carbonyl (C=O) groups excluding carboxylic acids is 1. The number of hydrogen-bond donors (Lipinski definition) is 1. The lowest BCUT2D eigenvalue weighted by atomic mass is 10.2. The van der Waals surface area contributed by atoms with E-state index in [-0.39, 0.29) is 36.4 Å². The molecule has 10 heteroatoms. The third kappa shape index (κ3) is 7.05. The van der Waals surface area contributed by atoms with Gasteiger partial charge in [-0.25, -0.2) is 9.98 Å². The van der Waals surface area contributed by atoms with Gasteiger partial charge in [-0.1, -0.05) is 13.8 Å². The van der Waals surface area contributed by atoms with Gasteiger partial charge in [0.2, 0.25) is 11.0 Å². The van der Waals surface area contributed by atoms with Crippen molar-refractivity contribution >= 4 is 52.5 Å². The van der Waals surface area contributed by atoms with Crippen molar-refractivity contribution in [2.75, 3.05) is 51.7 Å². The van der Waals surface area contributed by atoms with Gasteiger partial charge < -0.3 is 20.0 Å². The number of guanidine groups is 1. The van der Waals surface area contributed by atoms with Crippen LogP contribution in [0.3, 0.4) is 0 Å². The maximum absolute atomic E-state index is 11.9. The van der Waals surface area contributed by atoms with Crippen LogP contribution in [-0.4, -0.2) is 83.9 Å². The number of anilines is 1. The first-order valence-electron chi connectivity index (χ1n) is 9.28. The highest BCUT2D eigenvalue weighted by atomic mass is 127. The Morgan fingerprint density at radius 2 is 1.96 bits per heavy atom. The molecular weight excluding hydrogens is 477 g/mol. The smallest absolute Gasteiger partial charge is 0.243 e. The Labute approximate surface area is 183 Å². The van der Waals surface area contributed by atoms with Crippen molar-refractivity contribution in [1.29, 1.82) is 0 Å². The fourth-order valence-corrected chi connectivity index (χ4v) is 3.27. The Kier molecular flexibility index (Phi) is 10.3. The SMILES string of the molecule is CCc1nsc(N2CCN(C(=NCC(=O)N(C)C)NC(C)CC)CC2)n1.I. The zero-order valence-corrected chi connectivity index (χ0v) is 20.1. The van der Waals surface area contributed by atoms with E-state index in [1.54, 1.807) is 19.0 Å². The van der Waals surface area contributed by atoms with Gasteiger partial charge in [0, 0.05) is 64.3 Å². The lowest BCUT2D eigenvalue weighted by molar-refractivity contribution is -0.127. The average molecular weight is 509 g/mol. The van der Waals surface area contributed by atoms with Crippen molar-refractivity contribution in [1.82, 2.24) is 24.5 Å². The third-order valence-electron chi connectivity index (χ3n) is 4.47. The van der Waals surface area contributed by atoms with Crippen molar-refractivity contribution in [2.24, 2.45) is 4.99 Å². The van der Waals surface area contributed by atoms with Crippen LogP contribution in [0.5, 0.6) is 0 Å². The molecule has 8 nitrogen and oxygen atoms in total. The molecule has 27 heavy (non-hydrogen) atoms. The van der Waals surface area contributed by atoms with Gasteiger partial charge in [0.15, 0.2) is 5.96 Å². The van der Waals surface area contributed by atoms with Gasteiger partial charge in [0.05, 0.1) is 0 Å². The van der Waals surface area contributed by atoms with Crippen LogP contribution in [-0.2, 0) is 11.2 Å². The summed E-state index contributed by atoms with van der Waals surface area (Å²) in [6.45, 7) is 9.96. The second kappa shape index (κ2) is 11.6. The van der Waals surface area contributed by atoms with E-state index in [1.165, 1.54) is 11.5 Å². The van der Waals surface area contributed by atoms with Crippen LogP contribution in [0.1, 0.15) is 33.0 Å². The Balaban J connectivity index is 0.00000364. The normalized spacial score (nSPS) is 16.0. The molecule has 2 rings (SSSR count). The third-order valence-corrected chi connectivity index (χ3v) is 5.29. The number of aromatic nitrogens is 2. The number of nitrogens with zero attached hydrogens (tertiary/aromatic N) is 6. The molecule has 0 spiro atoms. The van der Waals surface area contributed by atoms with E-state index in [2.05, 4.69) is 50.2 Å². The Hall–Kier alpha value is -1.17. The number of nitrogens with one attached hydrogen (secondary N) is 1. The molecule has 0 aromatic carbocycles. The highest BCUT2D eigenvalue weighted by Crippen LogP contribution is 2.19. The molecule has 1 N–H and O–H groups in total. The highest BCUT2D eigenvalue weighted by molar-refractivity contribution is 14.0. The molecule has 2 heterocycles. The van der Waals surface area contributed by atoms with E-state index in [0.29, 0.717) is 6.04 Å². The summed E-state index contributed by atoms with van der Waals surface area (Å²) in [6, 6.07) is 0.316. The van der Waals surface area contributed by atoms with Crippen LogP contribution in [0.4, 0.5) is 5.13 Å². The minimum absolute atomic E-state index is 0. The van der Waals surface area contributed by atoms with Gasteiger partial charge in [0.1, 0.15) is 12.4 Å². The predicted molar refractivity (Wildman–Crippen MR) is 122 cm³/mol. The van der Waals surface area contributed by atoms with Crippen LogP contribution >= 0.6 is 35.5 Å². The first-order chi connectivity index (χ1) is 12.4. The standard InChI is InChI=1S/C17H31N7OS.HI/c1-6-13(3)19-16(18-12-15(25)22(4)5)23-8-10-24(11-9-23)17-20-14(7-2)21-26-17;/h13H,6-12H2,1-5H3,(H,18,19);1H. The zero-order valence-electron chi connectivity index (χ0n) is 16.9. The maximum Gasteiger partial charge on any atom is 0.243 e. The molecule has 1 unspecified atom stereocenters. The topological polar surface area (TPSA) is 77.0 Å². The van der Waals surface area contributed by atoms with Crippen molar-refractivity contribution in [2.45, 2.75) is 39.7 Å². The summed E-state index contributed by atoms with van der Waals surface area (Å²) < 4.78 is 4.38. The molecular formula is C17H32IN7OS. The van der Waals surface area contributed by atoms with Crippen LogP contribution in [0.15, 0.2) is 4.99 Å². The fraction of sp³-hybridized carbons (Fsp3) is 0.765. The first kappa shape index (κ1) is 23.9. The van der Waals surface area contributed by atoms with E-state index in [9.17, 15) is 4.79 Å². The monoisotopic (exact) mass is 509 g/mol. The summed E-state index contributed by atoms with van der Waals surface area (Å²) in [7, 11) is 3.51. The molecule has 1 fully saturated rings. The Bertz CT molecular complexity index is 614. The summed E-state index contributed by atoms with van der Waals surface area (Å²) in [5, 5.41) is 4.46. The maximum atomic E-state index is 11.9. The van der Waals surface area contributed by atoms with Gasteiger partial charge in [-0.05, 0) is 13.3 Å². The summed E-state index contributed by atoms with van der Waals surface area (Å²) in [5.74, 6) is 1.74. The number of likely N-dealkylation sites (N-methyl/N-ethyl adjacent to an activating group) is 1. The van der Waals surface area contributed by atoms with Crippen LogP contribution in [0, 0.1) is 0 Å². The summed E-state index contributed by atoms with van der Waals surface area (Å²) >= 11 is 1.47. The lowest BCUT2D eigenvalue weighted by Crippen LogP contribution is -2.54. The van der Waals surface area contributed by atoms with E-state index in [1.807, 2.05) is 0 Å². The number of carbonyl (C=O) groups is 1. The quantitative estimate of drug-likeness (QED) is 0.357. The van der Waals surface area contributed by atoms with Crippen LogP contribution < -0.4 is 10.2 Å². The van der Waals surface area contributed by atoms with Crippen molar-refractivity contribution in [3.05, 3.63) is 5.82 Å². The Morgan fingerprint density at radius 1 is 1.30 bits per heavy atom. The lowest BCUT2D eigenvalue weighted by Gasteiger charge is -2.37. The summed E-state index contributed by atoms with van der Waals surface area (Å²) in [6.07, 6.45) is 1.87. The predicted octanol–water partition coefficient (Wildman–Crippen LogP) is 1.67. The molecule has 1 saturated heterocycles. The fourth-order valence-electron chi connectivity index (χ4n) is 2.47. The number of aryl methyl sites for hydroxylation is 1. The minimum atomic E-state index is 0. The van der Waals surface area contributed by atoms with E-state index < -0.39 is 0 Å². The summed E-state index contributed by atoms with van der Waals surface area (Å²) in [5.41, 5.74) is 0. The second-order valence-electron chi connectivity index (χ2n) is 6.70. The van der Waals surface area contributed by atoms with E-state index >= 15 is 0 Å². The van der Waals surface area contributed by atoms with Crippen molar-refractivity contribution in [3.8, 4) is 0 Å². The molecule has 1 aliphatic rings. The van der Waals surface area contributed by atoms with E-state index in [0.717, 1.165) is 55.9 Å². The van der Waals surface area contributed by atoms with Crippen molar-refractivity contribution in [3.63, 3.8) is 0 Å². The molecule has 1 aromatic rings. The van der Waals surface area contributed by atoms with Gasteiger partial charge in [-0.2, -0.15) is 4.37 Å². The number of hydrogen-bond acceptors (Lipinski definition) is 6. The van der Waals surface area contributed by atoms with Gasteiger partial charge in [-0.15, -0.1) is 24.0 Å². The van der Waals surface area contributed by atoms with Crippen LogP contribution in [0.2, 0.25) is 0 Å². The molecule has 0 saturated carbocycles. The van der Waals surface area contributed by atoms with Gasteiger partial charge >= 0.3 is 0 Å². The largest absolute Gasteiger partial charge is 0.354 e. The average Bonchev–Trinajstić information content (AvgIpc) is 3.13. The Morgan fingerprint density at radius 3 is 2.48 bits per heavy atom. The number of amides is 1. The minimum Gasteiger partial charge on any atom is -0.354 e. The van der Waals surface area contributed by atoms with E-state index in [4.69, 9.17) is 0 Å². The molecule has 1 atom stereocenters. The van der Waals surface area contributed by atoms with Gasteiger partial charge in [-0.3, -0.25) is 4.79 Å². The molecule has 1 aliphatic heterocycles. The number of piperazine rings is 1. The number of aliphatic imine (C=N–C) groups is 1. The zero-order chi connectivity index (χ0) is 19.1.